The molecular formula is C3H4O4Zn. The topological polar surface area (TPSA) is 63.6 Å². The van der Waals surface area contributed by atoms with Crippen molar-refractivity contribution in [2.45, 2.75) is 0 Å². The van der Waals surface area contributed by atoms with Crippen LogP contribution in [0.5, 0.6) is 0 Å². The van der Waals surface area contributed by atoms with Gasteiger partial charge in [-0.05, 0) is 0 Å². The molecule has 1 N–H and O–H groups in total. The number of carboxylic acid groups (broad SMARTS) is 1. The van der Waals surface area contributed by atoms with Gasteiger partial charge in [-0.1, -0.05) is 0 Å². The van der Waals surface area contributed by atoms with Gasteiger partial charge in [0.25, 0.3) is 0 Å². The smallest absolute Gasteiger partial charge is 0.417 e. The molecule has 0 amide bonds. The van der Waals surface area contributed by atoms with E-state index < -0.39 is 11.9 Å². The summed E-state index contributed by atoms with van der Waals surface area (Å²) in [7, 11) is 1.01. The largest absolute Gasteiger partial charge is 0.473 e. The Balaban J connectivity index is 0. The first kappa shape index (κ1) is 10.5. The molecule has 42 valence electrons. The summed E-state index contributed by atoms with van der Waals surface area (Å²) in [4.78, 5) is 19.1. The monoisotopic (exact) mass is 168 g/mol. The molecule has 0 fully saturated rings. The Morgan fingerprint density at radius 3 is 1.88 bits per heavy atom. The number of rotatable bonds is 0. The van der Waals surface area contributed by atoms with Crippen LogP contribution in [0.1, 0.15) is 0 Å². The SMILES string of the molecule is COC(=O)C(=O)O.[Zn]. The number of esters is 1. The van der Waals surface area contributed by atoms with Gasteiger partial charge in [-0.15, -0.1) is 0 Å². The summed E-state index contributed by atoms with van der Waals surface area (Å²) in [5, 5.41) is 7.71. The van der Waals surface area contributed by atoms with Crippen molar-refractivity contribution in [2.75, 3.05) is 7.11 Å². The first-order chi connectivity index (χ1) is 3.18. The molecule has 0 saturated carbocycles. The molecule has 4 nitrogen and oxygen atoms in total. The fourth-order valence-corrected chi connectivity index (χ4v) is 0.0873. The van der Waals surface area contributed by atoms with E-state index >= 15 is 0 Å². The molecule has 0 spiro atoms. The summed E-state index contributed by atoms with van der Waals surface area (Å²) < 4.78 is 3.77. The van der Waals surface area contributed by atoms with Crippen LogP contribution in [0.2, 0.25) is 0 Å². The van der Waals surface area contributed by atoms with Gasteiger partial charge in [0.05, 0.1) is 7.11 Å². The molecule has 5 heteroatoms. The Hall–Kier alpha value is -0.437. The van der Waals surface area contributed by atoms with Gasteiger partial charge in [0.15, 0.2) is 0 Å². The van der Waals surface area contributed by atoms with Gasteiger partial charge in [0, 0.05) is 19.5 Å². The number of aliphatic carboxylic acids is 1. The third-order valence-corrected chi connectivity index (χ3v) is 0.360. The third-order valence-electron chi connectivity index (χ3n) is 0.360. The van der Waals surface area contributed by atoms with Crippen molar-refractivity contribution in [3.8, 4) is 0 Å². The van der Waals surface area contributed by atoms with E-state index in [2.05, 4.69) is 4.74 Å². The standard InChI is InChI=1S/C3H4O4.Zn/c1-7-3(6)2(4)5;/h1H3,(H,4,5);. The zero-order chi connectivity index (χ0) is 5.86. The van der Waals surface area contributed by atoms with Gasteiger partial charge in [-0.2, -0.15) is 0 Å². The number of carbonyl (C=O) groups excluding carboxylic acids is 1. The Morgan fingerprint density at radius 1 is 1.50 bits per heavy atom. The van der Waals surface area contributed by atoms with E-state index in [4.69, 9.17) is 5.11 Å². The number of methoxy groups -OCH3 is 1. The number of hydrogen-bond donors (Lipinski definition) is 1. The fraction of sp³-hybridized carbons (Fsp3) is 0.333. The molecule has 8 heavy (non-hydrogen) atoms. The minimum Gasteiger partial charge on any atom is -0.473 e. The predicted molar refractivity (Wildman–Crippen MR) is 19.7 cm³/mol. The quantitative estimate of drug-likeness (QED) is 0.294. The van der Waals surface area contributed by atoms with Gasteiger partial charge in [0.1, 0.15) is 0 Å². The van der Waals surface area contributed by atoms with Crippen molar-refractivity contribution in [1.82, 2.24) is 0 Å². The van der Waals surface area contributed by atoms with Gasteiger partial charge in [0.2, 0.25) is 0 Å². The second-order valence-electron chi connectivity index (χ2n) is 0.797. The molecule has 0 heterocycles. The minimum absolute atomic E-state index is 0. The molecule has 0 bridgehead atoms. The van der Waals surface area contributed by atoms with E-state index in [1.807, 2.05) is 0 Å². The molecule has 0 radical (unpaired) electrons. The van der Waals surface area contributed by atoms with Crippen molar-refractivity contribution in [1.29, 1.82) is 0 Å². The maximum absolute atomic E-state index is 9.69. The maximum atomic E-state index is 9.69. The van der Waals surface area contributed by atoms with Crippen molar-refractivity contribution in [2.24, 2.45) is 0 Å². The van der Waals surface area contributed by atoms with Crippen molar-refractivity contribution in [3.63, 3.8) is 0 Å². The zero-order valence-electron chi connectivity index (χ0n) is 4.38. The number of ether oxygens (including phenoxy) is 1. The van der Waals surface area contributed by atoms with Crippen LogP contribution in [-0.4, -0.2) is 24.2 Å². The third kappa shape index (κ3) is 3.74. The summed E-state index contributed by atoms with van der Waals surface area (Å²) in [6.07, 6.45) is 0. The Labute approximate surface area is 58.6 Å². The van der Waals surface area contributed by atoms with E-state index in [9.17, 15) is 9.59 Å². The van der Waals surface area contributed by atoms with Crippen LogP contribution in [0.4, 0.5) is 0 Å². The van der Waals surface area contributed by atoms with Crippen LogP contribution in [0, 0.1) is 0 Å². The summed E-state index contributed by atoms with van der Waals surface area (Å²) in [6.45, 7) is 0. The van der Waals surface area contributed by atoms with E-state index in [-0.39, 0.29) is 19.5 Å². The molecule has 0 aliphatic rings. The van der Waals surface area contributed by atoms with Gasteiger partial charge < -0.3 is 9.84 Å². The van der Waals surface area contributed by atoms with E-state index in [1.54, 1.807) is 0 Å². The van der Waals surface area contributed by atoms with Crippen molar-refractivity contribution < 1.29 is 38.9 Å². The van der Waals surface area contributed by atoms with Crippen LogP contribution in [0.25, 0.3) is 0 Å². The average molecular weight is 169 g/mol. The van der Waals surface area contributed by atoms with Crippen molar-refractivity contribution in [3.05, 3.63) is 0 Å². The van der Waals surface area contributed by atoms with Crippen LogP contribution in [0.15, 0.2) is 0 Å². The molecule has 0 aliphatic heterocycles. The van der Waals surface area contributed by atoms with E-state index in [0.29, 0.717) is 0 Å². The Bertz CT molecular complexity index is 99.5. The molecule has 0 saturated heterocycles. The molecule has 0 aliphatic carbocycles. The van der Waals surface area contributed by atoms with E-state index in [1.165, 1.54) is 0 Å². The van der Waals surface area contributed by atoms with Crippen LogP contribution in [-0.2, 0) is 33.8 Å². The Morgan fingerprint density at radius 2 is 1.88 bits per heavy atom. The molecule has 0 aromatic heterocycles. The molecular weight excluding hydrogens is 165 g/mol. The Kier molecular flexibility index (Phi) is 6.21. The summed E-state index contributed by atoms with van der Waals surface area (Å²) in [6, 6.07) is 0. The zero-order valence-corrected chi connectivity index (χ0v) is 7.35. The van der Waals surface area contributed by atoms with Gasteiger partial charge >= 0.3 is 11.9 Å². The first-order valence-corrected chi connectivity index (χ1v) is 1.49. The summed E-state index contributed by atoms with van der Waals surface area (Å²) >= 11 is 0. The summed E-state index contributed by atoms with van der Waals surface area (Å²) in [5.41, 5.74) is 0. The maximum Gasteiger partial charge on any atom is 0.417 e. The second kappa shape index (κ2) is 4.72. The second-order valence-corrected chi connectivity index (χ2v) is 0.797. The van der Waals surface area contributed by atoms with Gasteiger partial charge in [-0.3, -0.25) is 0 Å². The number of hydrogen-bond acceptors (Lipinski definition) is 3. The number of carbonyl (C=O) groups is 2. The molecule has 0 aromatic carbocycles. The fourth-order valence-electron chi connectivity index (χ4n) is 0.0873. The normalized spacial score (nSPS) is 6.62. The van der Waals surface area contributed by atoms with Crippen molar-refractivity contribution >= 4 is 11.9 Å². The van der Waals surface area contributed by atoms with Crippen LogP contribution in [0.3, 0.4) is 0 Å². The molecule has 0 unspecified atom stereocenters. The average Bonchev–Trinajstić information content (AvgIpc) is 1.65. The van der Waals surface area contributed by atoms with E-state index in [0.717, 1.165) is 7.11 Å². The van der Waals surface area contributed by atoms with Crippen LogP contribution >= 0.6 is 0 Å². The number of carboxylic acids is 1. The minimum atomic E-state index is -1.57. The molecule has 0 atom stereocenters. The molecule has 0 rings (SSSR count). The summed E-state index contributed by atoms with van der Waals surface area (Å²) in [5.74, 6) is -2.80. The molecule has 0 aromatic rings. The van der Waals surface area contributed by atoms with Gasteiger partial charge in [-0.25, -0.2) is 9.59 Å². The van der Waals surface area contributed by atoms with Crippen LogP contribution < -0.4 is 0 Å². The predicted octanol–water partition coefficient (Wildman–Crippen LogP) is -0.758. The first-order valence-electron chi connectivity index (χ1n) is 1.49.